The lowest BCUT2D eigenvalue weighted by Crippen LogP contribution is -2.41. The second-order valence-corrected chi connectivity index (χ2v) is 4.08. The minimum absolute atomic E-state index is 0.103. The summed E-state index contributed by atoms with van der Waals surface area (Å²) < 4.78 is 0. The number of nitrogens with zero attached hydrogens (tertiary/aromatic N) is 1. The van der Waals surface area contributed by atoms with Crippen molar-refractivity contribution in [1.82, 2.24) is 4.90 Å². The van der Waals surface area contributed by atoms with Gasteiger partial charge in [-0.25, -0.2) is 0 Å². The Bertz CT molecular complexity index is 454. The highest BCUT2D eigenvalue weighted by atomic mass is 16.3. The van der Waals surface area contributed by atoms with Gasteiger partial charge in [-0.2, -0.15) is 0 Å². The van der Waals surface area contributed by atoms with Crippen LogP contribution in [-0.2, 0) is 9.59 Å². The molecule has 0 atom stereocenters. The second kappa shape index (κ2) is 7.33. The normalized spacial score (nSPS) is 9.79. The number of aliphatic hydroxyl groups excluding tert-OH is 1. The van der Waals surface area contributed by atoms with Crippen molar-refractivity contribution in [1.29, 1.82) is 0 Å². The Labute approximate surface area is 112 Å². The van der Waals surface area contributed by atoms with E-state index in [4.69, 9.17) is 5.11 Å². The predicted octanol–water partition coefficient (Wildman–Crippen LogP) is 0.940. The number of hydrogen-bond acceptors (Lipinski definition) is 3. The molecule has 19 heavy (non-hydrogen) atoms. The Balaban J connectivity index is 2.67. The number of benzene rings is 1. The monoisotopic (exact) mass is 262 g/mol. The van der Waals surface area contributed by atoms with Gasteiger partial charge in [0.05, 0.1) is 6.61 Å². The SMILES string of the molecule is C=CCN(CCO)C(=O)C(=O)Nc1ccc(C)cc1. The van der Waals surface area contributed by atoms with Crippen molar-refractivity contribution in [2.75, 3.05) is 25.0 Å². The number of amides is 2. The minimum atomic E-state index is -0.723. The molecule has 0 spiro atoms. The Hall–Kier alpha value is -2.14. The molecule has 2 amide bonds. The van der Waals surface area contributed by atoms with E-state index >= 15 is 0 Å². The molecule has 102 valence electrons. The van der Waals surface area contributed by atoms with E-state index in [9.17, 15) is 9.59 Å². The first-order valence-electron chi connectivity index (χ1n) is 5.97. The van der Waals surface area contributed by atoms with Gasteiger partial charge < -0.3 is 15.3 Å². The van der Waals surface area contributed by atoms with Gasteiger partial charge in [0.15, 0.2) is 0 Å². The van der Waals surface area contributed by atoms with Crippen LogP contribution in [0.25, 0.3) is 0 Å². The van der Waals surface area contributed by atoms with E-state index in [1.807, 2.05) is 19.1 Å². The molecule has 0 radical (unpaired) electrons. The number of rotatable bonds is 5. The maximum absolute atomic E-state index is 11.8. The first kappa shape index (κ1) is 14.9. The fourth-order valence-electron chi connectivity index (χ4n) is 1.52. The Kier molecular flexibility index (Phi) is 5.75. The number of aryl methyl sites for hydroxylation is 1. The zero-order valence-electron chi connectivity index (χ0n) is 10.9. The number of carbonyl (C=O) groups is 2. The first-order valence-corrected chi connectivity index (χ1v) is 5.97. The van der Waals surface area contributed by atoms with Gasteiger partial charge in [-0.3, -0.25) is 9.59 Å². The third kappa shape index (κ3) is 4.56. The maximum atomic E-state index is 11.8. The lowest BCUT2D eigenvalue weighted by atomic mass is 10.2. The number of hydrogen-bond donors (Lipinski definition) is 2. The van der Waals surface area contributed by atoms with Crippen LogP contribution in [0.15, 0.2) is 36.9 Å². The number of aliphatic hydroxyl groups is 1. The lowest BCUT2D eigenvalue weighted by Gasteiger charge is -2.19. The van der Waals surface area contributed by atoms with E-state index in [2.05, 4.69) is 11.9 Å². The van der Waals surface area contributed by atoms with Crippen molar-refractivity contribution < 1.29 is 14.7 Å². The maximum Gasteiger partial charge on any atom is 0.313 e. The van der Waals surface area contributed by atoms with Crippen LogP contribution in [0.2, 0.25) is 0 Å². The highest BCUT2D eigenvalue weighted by Gasteiger charge is 2.20. The smallest absolute Gasteiger partial charge is 0.313 e. The third-order valence-corrected chi connectivity index (χ3v) is 2.51. The quantitative estimate of drug-likeness (QED) is 0.613. The molecule has 0 bridgehead atoms. The van der Waals surface area contributed by atoms with Crippen LogP contribution >= 0.6 is 0 Å². The molecule has 0 fully saturated rings. The molecule has 0 aliphatic carbocycles. The van der Waals surface area contributed by atoms with Crippen LogP contribution in [0.1, 0.15) is 5.56 Å². The standard InChI is InChI=1S/C14H18N2O3/c1-3-8-16(9-10-17)14(19)13(18)15-12-6-4-11(2)5-7-12/h3-7,17H,1,8-10H2,2H3,(H,15,18). The van der Waals surface area contributed by atoms with Crippen molar-refractivity contribution in [3.63, 3.8) is 0 Å². The van der Waals surface area contributed by atoms with Gasteiger partial charge in [0, 0.05) is 18.8 Å². The van der Waals surface area contributed by atoms with E-state index in [0.717, 1.165) is 5.56 Å². The average molecular weight is 262 g/mol. The van der Waals surface area contributed by atoms with Crippen LogP contribution in [0.3, 0.4) is 0 Å². The summed E-state index contributed by atoms with van der Waals surface area (Å²) in [4.78, 5) is 24.9. The fraction of sp³-hybridized carbons (Fsp3) is 0.286. The molecule has 0 unspecified atom stereocenters. The molecule has 0 aliphatic heterocycles. The molecule has 1 aromatic carbocycles. The van der Waals surface area contributed by atoms with E-state index in [1.165, 1.54) is 11.0 Å². The zero-order valence-corrected chi connectivity index (χ0v) is 10.9. The summed E-state index contributed by atoms with van der Waals surface area (Å²) in [6.07, 6.45) is 1.51. The molecule has 0 heterocycles. The molecular weight excluding hydrogens is 244 g/mol. The van der Waals surface area contributed by atoms with Gasteiger partial charge in [0.25, 0.3) is 0 Å². The van der Waals surface area contributed by atoms with Crippen molar-refractivity contribution in [2.45, 2.75) is 6.92 Å². The zero-order chi connectivity index (χ0) is 14.3. The van der Waals surface area contributed by atoms with Gasteiger partial charge in [0.1, 0.15) is 0 Å². The van der Waals surface area contributed by atoms with Crippen LogP contribution in [0.4, 0.5) is 5.69 Å². The summed E-state index contributed by atoms with van der Waals surface area (Å²) in [7, 11) is 0. The number of carbonyl (C=O) groups excluding carboxylic acids is 2. The molecule has 0 saturated heterocycles. The Morgan fingerprint density at radius 1 is 1.37 bits per heavy atom. The van der Waals surface area contributed by atoms with E-state index in [0.29, 0.717) is 5.69 Å². The second-order valence-electron chi connectivity index (χ2n) is 4.08. The van der Waals surface area contributed by atoms with Gasteiger partial charge in [0.2, 0.25) is 0 Å². The molecule has 1 rings (SSSR count). The molecule has 5 heteroatoms. The van der Waals surface area contributed by atoms with Gasteiger partial charge >= 0.3 is 11.8 Å². The third-order valence-electron chi connectivity index (χ3n) is 2.51. The summed E-state index contributed by atoms with van der Waals surface area (Å²) in [6, 6.07) is 7.14. The van der Waals surface area contributed by atoms with E-state index in [-0.39, 0.29) is 19.7 Å². The van der Waals surface area contributed by atoms with Crippen LogP contribution in [0.5, 0.6) is 0 Å². The first-order chi connectivity index (χ1) is 9.08. The van der Waals surface area contributed by atoms with Crippen LogP contribution in [0, 0.1) is 6.92 Å². The number of anilines is 1. The van der Waals surface area contributed by atoms with Gasteiger partial charge in [-0.15, -0.1) is 6.58 Å². The summed E-state index contributed by atoms with van der Waals surface area (Å²) in [5, 5.41) is 11.4. The molecule has 1 aromatic rings. The van der Waals surface area contributed by atoms with E-state index in [1.54, 1.807) is 12.1 Å². The minimum Gasteiger partial charge on any atom is -0.395 e. The summed E-state index contributed by atoms with van der Waals surface area (Å²) in [6.45, 7) is 5.57. The lowest BCUT2D eigenvalue weighted by molar-refractivity contribution is -0.143. The largest absolute Gasteiger partial charge is 0.395 e. The Morgan fingerprint density at radius 3 is 2.53 bits per heavy atom. The molecular formula is C14H18N2O3. The fourth-order valence-corrected chi connectivity index (χ4v) is 1.52. The van der Waals surface area contributed by atoms with Gasteiger partial charge in [-0.1, -0.05) is 23.8 Å². The molecule has 0 saturated carbocycles. The highest BCUT2D eigenvalue weighted by molar-refractivity contribution is 6.39. The summed E-state index contributed by atoms with van der Waals surface area (Å²) in [5.41, 5.74) is 1.63. The van der Waals surface area contributed by atoms with Gasteiger partial charge in [-0.05, 0) is 19.1 Å². The number of nitrogens with one attached hydrogen (secondary N) is 1. The van der Waals surface area contributed by atoms with Crippen molar-refractivity contribution >= 4 is 17.5 Å². The molecule has 0 aliphatic rings. The van der Waals surface area contributed by atoms with Crippen molar-refractivity contribution in [3.05, 3.63) is 42.5 Å². The highest BCUT2D eigenvalue weighted by Crippen LogP contribution is 2.08. The molecule has 0 aromatic heterocycles. The Morgan fingerprint density at radius 2 is 2.00 bits per heavy atom. The summed E-state index contributed by atoms with van der Waals surface area (Å²) >= 11 is 0. The average Bonchev–Trinajstić information content (AvgIpc) is 2.40. The van der Waals surface area contributed by atoms with Crippen molar-refractivity contribution in [3.8, 4) is 0 Å². The molecule has 2 N–H and O–H groups in total. The van der Waals surface area contributed by atoms with Crippen LogP contribution < -0.4 is 5.32 Å². The predicted molar refractivity (Wildman–Crippen MR) is 73.7 cm³/mol. The molecule has 5 nitrogen and oxygen atoms in total. The van der Waals surface area contributed by atoms with Crippen molar-refractivity contribution in [2.24, 2.45) is 0 Å². The van der Waals surface area contributed by atoms with E-state index < -0.39 is 11.8 Å². The topological polar surface area (TPSA) is 69.6 Å². The summed E-state index contributed by atoms with van der Waals surface area (Å²) in [5.74, 6) is -1.41. The van der Waals surface area contributed by atoms with Crippen LogP contribution in [-0.4, -0.2) is 41.5 Å².